The highest BCUT2D eigenvalue weighted by molar-refractivity contribution is 6.47. The molecule has 1 aliphatic carbocycles. The molecule has 0 fully saturated rings. The minimum Gasteiger partial charge on any atom is -0.497 e. The van der Waals surface area contributed by atoms with E-state index in [0.29, 0.717) is 0 Å². The average molecular weight is 556 g/mol. The predicted octanol–water partition coefficient (Wildman–Crippen LogP) is 10.5. The van der Waals surface area contributed by atoms with E-state index < -0.39 is 0 Å². The van der Waals surface area contributed by atoms with Crippen LogP contribution >= 0.6 is 0 Å². The van der Waals surface area contributed by atoms with Crippen molar-refractivity contribution in [3.05, 3.63) is 127 Å². The van der Waals surface area contributed by atoms with E-state index in [9.17, 15) is 0 Å². The molecule has 8 aromatic rings. The molecule has 0 spiro atoms. The van der Waals surface area contributed by atoms with Crippen LogP contribution in [0.5, 0.6) is 5.75 Å². The standard InChI is InChI=1S/C40H29NO2/c1-42-27-18-13-24(14-19-27)41(25-15-20-28(43-2)21-16-25)26-17-22-33-36(23-26)32-10-6-12-34-37-30-8-4-3-7-29(30)31-9-5-11-35(38(31)37)40(33)39(32)34/h3-15,17-23,25H,16H2,1-2H3. The van der Waals surface area contributed by atoms with E-state index in [0.717, 1.165) is 23.6 Å². The van der Waals surface area contributed by atoms with Gasteiger partial charge < -0.3 is 14.4 Å². The van der Waals surface area contributed by atoms with E-state index in [4.69, 9.17) is 9.47 Å². The van der Waals surface area contributed by atoms with Gasteiger partial charge in [-0.2, -0.15) is 0 Å². The third kappa shape index (κ3) is 3.36. The fourth-order valence-corrected chi connectivity index (χ4v) is 7.60. The molecule has 43 heavy (non-hydrogen) atoms. The second kappa shape index (κ2) is 9.11. The fourth-order valence-electron chi connectivity index (χ4n) is 7.60. The molecule has 0 saturated carbocycles. The Morgan fingerprint density at radius 3 is 1.70 bits per heavy atom. The summed E-state index contributed by atoms with van der Waals surface area (Å²) in [4.78, 5) is 2.43. The molecule has 0 amide bonds. The summed E-state index contributed by atoms with van der Waals surface area (Å²) in [6.07, 6.45) is 7.36. The number of hydrogen-bond donors (Lipinski definition) is 0. The summed E-state index contributed by atoms with van der Waals surface area (Å²) in [5.41, 5.74) is 2.29. The number of hydrogen-bond acceptors (Lipinski definition) is 3. The van der Waals surface area contributed by atoms with Crippen LogP contribution in [-0.2, 0) is 4.74 Å². The van der Waals surface area contributed by atoms with Crippen molar-refractivity contribution in [3.63, 3.8) is 0 Å². The molecule has 3 heteroatoms. The Kier molecular flexibility index (Phi) is 5.15. The maximum atomic E-state index is 5.51. The third-order valence-electron chi connectivity index (χ3n) is 9.46. The van der Waals surface area contributed by atoms with E-state index in [1.54, 1.807) is 14.2 Å². The smallest absolute Gasteiger partial charge is 0.119 e. The van der Waals surface area contributed by atoms with Gasteiger partial charge in [-0.05, 0) is 120 Å². The zero-order valence-electron chi connectivity index (χ0n) is 24.1. The second-order valence-electron chi connectivity index (χ2n) is 11.5. The third-order valence-corrected chi connectivity index (χ3v) is 9.46. The summed E-state index contributed by atoms with van der Waals surface area (Å²) in [7, 11) is 3.44. The molecule has 1 aliphatic rings. The van der Waals surface area contributed by atoms with Crippen molar-refractivity contribution < 1.29 is 9.47 Å². The first-order chi connectivity index (χ1) is 21.2. The van der Waals surface area contributed by atoms with Gasteiger partial charge in [-0.25, -0.2) is 0 Å². The van der Waals surface area contributed by atoms with Gasteiger partial charge in [-0.3, -0.25) is 0 Å². The first kappa shape index (κ1) is 24.3. The monoisotopic (exact) mass is 555 g/mol. The van der Waals surface area contributed by atoms with Gasteiger partial charge in [0.05, 0.1) is 20.3 Å². The van der Waals surface area contributed by atoms with E-state index in [1.165, 1.54) is 70.3 Å². The molecule has 0 N–H and O–H groups in total. The highest BCUT2D eigenvalue weighted by atomic mass is 16.5. The van der Waals surface area contributed by atoms with Crippen molar-refractivity contribution in [2.75, 3.05) is 19.1 Å². The van der Waals surface area contributed by atoms with E-state index >= 15 is 0 Å². The molecule has 3 nitrogen and oxygen atoms in total. The summed E-state index contributed by atoms with van der Waals surface area (Å²) < 4.78 is 11.0. The van der Waals surface area contributed by atoms with Gasteiger partial charge in [0.2, 0.25) is 0 Å². The van der Waals surface area contributed by atoms with Gasteiger partial charge in [0.25, 0.3) is 0 Å². The second-order valence-corrected chi connectivity index (χ2v) is 11.5. The van der Waals surface area contributed by atoms with Crippen LogP contribution in [0.15, 0.2) is 127 Å². The molecule has 0 saturated heterocycles. The van der Waals surface area contributed by atoms with Crippen LogP contribution in [0.2, 0.25) is 0 Å². The van der Waals surface area contributed by atoms with Crippen LogP contribution in [0.25, 0.3) is 64.6 Å². The van der Waals surface area contributed by atoms with Gasteiger partial charge >= 0.3 is 0 Å². The number of methoxy groups -OCH3 is 2. The van der Waals surface area contributed by atoms with Gasteiger partial charge in [-0.1, -0.05) is 72.8 Å². The Labute approximate surface area is 249 Å². The van der Waals surface area contributed by atoms with Crippen molar-refractivity contribution >= 4 is 76.0 Å². The maximum Gasteiger partial charge on any atom is 0.119 e. The SMILES string of the molecule is COC1=CCC(N(c2ccc(OC)cc2)c2ccc3c(c2)c2cccc4c5c6ccccc6c6cccc(c65)c3c24)C=C1. The Morgan fingerprint density at radius 2 is 1.09 bits per heavy atom. The first-order valence-corrected chi connectivity index (χ1v) is 14.9. The van der Waals surface area contributed by atoms with Gasteiger partial charge in [0.1, 0.15) is 11.5 Å². The van der Waals surface area contributed by atoms with Crippen LogP contribution in [0.1, 0.15) is 6.42 Å². The Hall–Kier alpha value is -5.28. The van der Waals surface area contributed by atoms with E-state index in [2.05, 4.69) is 114 Å². The normalized spacial score (nSPS) is 15.4. The number of allylic oxidation sites excluding steroid dienone is 1. The zero-order chi connectivity index (χ0) is 28.7. The average Bonchev–Trinajstić information content (AvgIpc) is 3.59. The highest BCUT2D eigenvalue weighted by Gasteiger charge is 2.24. The summed E-state index contributed by atoms with van der Waals surface area (Å²) in [5, 5.41) is 16.1. The molecule has 0 heterocycles. The summed E-state index contributed by atoms with van der Waals surface area (Å²) in [6, 6.07) is 38.1. The Balaban J connectivity index is 1.33. The molecule has 9 rings (SSSR count). The number of anilines is 2. The van der Waals surface area contributed by atoms with Gasteiger partial charge in [0, 0.05) is 11.4 Å². The van der Waals surface area contributed by atoms with Crippen molar-refractivity contribution in [2.45, 2.75) is 12.5 Å². The topological polar surface area (TPSA) is 21.7 Å². The van der Waals surface area contributed by atoms with Gasteiger partial charge in [0.15, 0.2) is 0 Å². The molecule has 0 bridgehead atoms. The molecular weight excluding hydrogens is 526 g/mol. The number of fused-ring (bicyclic) bond motifs is 8. The lowest BCUT2D eigenvalue weighted by Gasteiger charge is -2.33. The van der Waals surface area contributed by atoms with Gasteiger partial charge in [-0.15, -0.1) is 0 Å². The molecular formula is C40H29NO2. The van der Waals surface area contributed by atoms with Crippen molar-refractivity contribution in [3.8, 4) is 5.75 Å². The van der Waals surface area contributed by atoms with Crippen LogP contribution < -0.4 is 9.64 Å². The number of benzene rings is 6. The zero-order valence-corrected chi connectivity index (χ0v) is 24.1. The van der Waals surface area contributed by atoms with Crippen LogP contribution in [0.4, 0.5) is 11.4 Å². The highest BCUT2D eigenvalue weighted by Crippen LogP contribution is 2.50. The maximum absolute atomic E-state index is 5.51. The predicted molar refractivity (Wildman–Crippen MR) is 182 cm³/mol. The quantitative estimate of drug-likeness (QED) is 0.197. The van der Waals surface area contributed by atoms with Crippen LogP contribution in [-0.4, -0.2) is 20.3 Å². The lowest BCUT2D eigenvalue weighted by molar-refractivity contribution is 0.303. The molecule has 8 aromatic carbocycles. The minimum atomic E-state index is 0.155. The molecule has 0 aromatic heterocycles. The summed E-state index contributed by atoms with van der Waals surface area (Å²) in [5.74, 6) is 1.76. The summed E-state index contributed by atoms with van der Waals surface area (Å²) in [6.45, 7) is 0. The number of nitrogens with zero attached hydrogens (tertiary/aromatic N) is 1. The molecule has 1 unspecified atom stereocenters. The van der Waals surface area contributed by atoms with E-state index in [-0.39, 0.29) is 6.04 Å². The van der Waals surface area contributed by atoms with Crippen LogP contribution in [0, 0.1) is 0 Å². The molecule has 1 atom stereocenters. The minimum absolute atomic E-state index is 0.155. The fraction of sp³-hybridized carbons (Fsp3) is 0.100. The van der Waals surface area contributed by atoms with Crippen molar-refractivity contribution in [1.29, 1.82) is 0 Å². The number of rotatable bonds is 5. The summed E-state index contributed by atoms with van der Waals surface area (Å²) >= 11 is 0. The molecule has 0 radical (unpaired) electrons. The largest absolute Gasteiger partial charge is 0.497 e. The molecule has 0 aliphatic heterocycles. The first-order valence-electron chi connectivity index (χ1n) is 14.9. The van der Waals surface area contributed by atoms with Crippen LogP contribution in [0.3, 0.4) is 0 Å². The van der Waals surface area contributed by atoms with E-state index in [1.807, 2.05) is 12.1 Å². The molecule has 206 valence electrons. The van der Waals surface area contributed by atoms with Crippen molar-refractivity contribution in [1.82, 2.24) is 0 Å². The Morgan fingerprint density at radius 1 is 0.535 bits per heavy atom. The lowest BCUT2D eigenvalue weighted by atomic mass is 9.95. The van der Waals surface area contributed by atoms with Crippen molar-refractivity contribution in [2.24, 2.45) is 0 Å². The lowest BCUT2D eigenvalue weighted by Crippen LogP contribution is -2.30. The Bertz CT molecular complexity index is 2400. The number of ether oxygens (including phenoxy) is 2.